The average molecular weight is 460 g/mol. The van der Waals surface area contributed by atoms with E-state index in [9.17, 15) is 32.3 Å². The Morgan fingerprint density at radius 3 is 2.38 bits per heavy atom. The van der Waals surface area contributed by atoms with Gasteiger partial charge in [0.1, 0.15) is 12.6 Å². The molecule has 0 radical (unpaired) electrons. The Labute approximate surface area is 181 Å². The van der Waals surface area contributed by atoms with E-state index in [1.165, 1.54) is 18.9 Å². The number of Topliss-reactive ketones (excluding diaryl/α,β-unsaturated/α-hetero) is 1. The number of rotatable bonds is 8. The van der Waals surface area contributed by atoms with E-state index in [4.69, 9.17) is 9.84 Å². The molecule has 1 aliphatic heterocycles. The molecule has 1 aromatic rings. The fourth-order valence-corrected chi connectivity index (χ4v) is 3.23. The van der Waals surface area contributed by atoms with Crippen molar-refractivity contribution < 1.29 is 46.9 Å². The Balaban J connectivity index is 2.02. The van der Waals surface area contributed by atoms with Crippen LogP contribution in [0.5, 0.6) is 5.75 Å². The van der Waals surface area contributed by atoms with Crippen molar-refractivity contribution in [2.45, 2.75) is 32.2 Å². The lowest BCUT2D eigenvalue weighted by atomic mass is 9.95. The average Bonchev–Trinajstić information content (AvgIpc) is 2.76. The first-order chi connectivity index (χ1) is 15.0. The smallest absolute Gasteiger partial charge is 0.409 e. The zero-order valence-electron chi connectivity index (χ0n) is 17.5. The quantitative estimate of drug-likeness (QED) is 0.567. The van der Waals surface area contributed by atoms with Crippen LogP contribution in [0.4, 0.5) is 18.0 Å². The summed E-state index contributed by atoms with van der Waals surface area (Å²) in [6.07, 6.45) is -0.788. The van der Waals surface area contributed by atoms with Gasteiger partial charge in [0.2, 0.25) is 11.7 Å². The van der Waals surface area contributed by atoms with Gasteiger partial charge >= 0.3 is 12.1 Å². The molecule has 0 spiro atoms. The van der Waals surface area contributed by atoms with E-state index in [2.05, 4.69) is 10.1 Å². The van der Waals surface area contributed by atoms with Gasteiger partial charge in [-0.1, -0.05) is 0 Å². The van der Waals surface area contributed by atoms with Gasteiger partial charge in [-0.25, -0.2) is 13.6 Å². The number of ketones is 1. The largest absolute Gasteiger partial charge is 0.481 e. The molecule has 9 nitrogen and oxygen atoms in total. The molecule has 0 unspecified atom stereocenters. The fraction of sp³-hybridized carbons (Fsp3) is 0.500. The highest BCUT2D eigenvalue weighted by Crippen LogP contribution is 2.27. The first-order valence-electron chi connectivity index (χ1n) is 9.69. The number of benzene rings is 1. The summed E-state index contributed by atoms with van der Waals surface area (Å²) < 4.78 is 50.7. The van der Waals surface area contributed by atoms with Crippen LogP contribution in [0.2, 0.25) is 0 Å². The van der Waals surface area contributed by atoms with Gasteiger partial charge in [0.25, 0.3) is 0 Å². The number of aliphatic carboxylic acids is 1. The third-order valence-corrected chi connectivity index (χ3v) is 5.04. The molecule has 1 aliphatic rings. The number of piperidine rings is 1. The summed E-state index contributed by atoms with van der Waals surface area (Å²) >= 11 is 0. The van der Waals surface area contributed by atoms with Crippen LogP contribution in [0.1, 0.15) is 24.8 Å². The molecule has 2 rings (SSSR count). The molecule has 0 bridgehead atoms. The molecule has 0 aliphatic carbocycles. The van der Waals surface area contributed by atoms with Crippen molar-refractivity contribution in [3.05, 3.63) is 29.1 Å². The molecule has 1 saturated heterocycles. The van der Waals surface area contributed by atoms with Crippen molar-refractivity contribution in [1.82, 2.24) is 10.2 Å². The number of likely N-dealkylation sites (tertiary alicyclic amines) is 1. The number of amides is 2. The van der Waals surface area contributed by atoms with Gasteiger partial charge in [-0.3, -0.25) is 14.4 Å². The molecule has 2 N–H and O–H groups in total. The maximum absolute atomic E-state index is 14.0. The molecule has 2 amide bonds. The zero-order valence-corrected chi connectivity index (χ0v) is 17.5. The lowest BCUT2D eigenvalue weighted by Crippen LogP contribution is -2.49. The minimum absolute atomic E-state index is 0.239. The summed E-state index contributed by atoms with van der Waals surface area (Å²) in [5.41, 5.74) is -0.250. The summed E-state index contributed by atoms with van der Waals surface area (Å²) in [6, 6.07) is -0.905. The molecule has 1 aromatic carbocycles. The number of ether oxygens (including phenoxy) is 2. The van der Waals surface area contributed by atoms with E-state index in [0.717, 1.165) is 0 Å². The number of halogens is 3. The van der Waals surface area contributed by atoms with Crippen molar-refractivity contribution in [3.8, 4) is 5.75 Å². The summed E-state index contributed by atoms with van der Waals surface area (Å²) in [4.78, 5) is 49.0. The van der Waals surface area contributed by atoms with Crippen molar-refractivity contribution in [1.29, 1.82) is 0 Å². The molecule has 1 fully saturated rings. The Morgan fingerprint density at radius 2 is 1.81 bits per heavy atom. The minimum atomic E-state index is -1.63. The van der Waals surface area contributed by atoms with Gasteiger partial charge in [-0.05, 0) is 31.4 Å². The highest BCUT2D eigenvalue weighted by Gasteiger charge is 2.32. The highest BCUT2D eigenvalue weighted by atomic mass is 19.2. The number of carbonyl (C=O) groups is 4. The number of nitrogens with one attached hydrogen (secondary N) is 1. The van der Waals surface area contributed by atoms with Crippen LogP contribution in [-0.4, -0.2) is 66.6 Å². The molecular weight excluding hydrogens is 437 g/mol. The number of carboxylic acid groups (broad SMARTS) is 1. The van der Waals surface area contributed by atoms with E-state index in [1.54, 1.807) is 0 Å². The van der Waals surface area contributed by atoms with Crippen LogP contribution in [0.25, 0.3) is 0 Å². The Morgan fingerprint density at radius 1 is 1.19 bits per heavy atom. The van der Waals surface area contributed by atoms with Crippen LogP contribution < -0.4 is 10.1 Å². The lowest BCUT2D eigenvalue weighted by Gasteiger charge is -2.30. The number of nitrogens with zero attached hydrogens (tertiary/aromatic N) is 1. The molecular formula is C20H23F3N2O7. The van der Waals surface area contributed by atoms with Crippen molar-refractivity contribution in [2.75, 3.05) is 26.8 Å². The van der Waals surface area contributed by atoms with Crippen molar-refractivity contribution >= 4 is 23.8 Å². The van der Waals surface area contributed by atoms with Gasteiger partial charge in [0.05, 0.1) is 13.5 Å². The van der Waals surface area contributed by atoms with Gasteiger partial charge in [0, 0.05) is 19.0 Å². The number of hydrogen-bond donors (Lipinski definition) is 2. The second-order valence-corrected chi connectivity index (χ2v) is 7.28. The molecule has 1 atom stereocenters. The molecule has 1 heterocycles. The summed E-state index contributed by atoms with van der Waals surface area (Å²) in [5.74, 6) is -8.86. The van der Waals surface area contributed by atoms with Gasteiger partial charge in [-0.15, -0.1) is 0 Å². The zero-order chi connectivity index (χ0) is 24.0. The van der Waals surface area contributed by atoms with E-state index < -0.39 is 71.9 Å². The number of carbonyl (C=O) groups excluding carboxylic acids is 3. The van der Waals surface area contributed by atoms with Crippen LogP contribution in [0.15, 0.2) is 6.07 Å². The summed E-state index contributed by atoms with van der Waals surface area (Å²) in [5, 5.41) is 11.4. The lowest BCUT2D eigenvalue weighted by molar-refractivity contribution is -0.141. The first-order valence-corrected chi connectivity index (χ1v) is 9.69. The molecule has 0 aromatic heterocycles. The molecule has 0 saturated carbocycles. The number of carboxylic acids is 1. The predicted molar refractivity (Wildman–Crippen MR) is 102 cm³/mol. The molecule has 12 heteroatoms. The third kappa shape index (κ3) is 6.11. The number of aryl methyl sites for hydroxylation is 1. The summed E-state index contributed by atoms with van der Waals surface area (Å²) in [7, 11) is 1.23. The monoisotopic (exact) mass is 460 g/mol. The standard InChI is InChI=1S/C20H23F3N2O7/c1-10-7-12(21)17(23)18(16(10)22)32-9-14(26)13(8-15(27)28)24-19(29)11-3-5-25(6-4-11)20(30)31-2/h7,11,13H,3-6,8-9H2,1-2H3,(H,24,29)(H,27,28)/t13-/m0/s1. The van der Waals surface area contributed by atoms with Crippen LogP contribution in [0.3, 0.4) is 0 Å². The van der Waals surface area contributed by atoms with Crippen molar-refractivity contribution in [2.24, 2.45) is 5.92 Å². The minimum Gasteiger partial charge on any atom is -0.481 e. The second kappa shape index (κ2) is 10.8. The number of hydrogen-bond acceptors (Lipinski definition) is 6. The normalized spacial score (nSPS) is 15.1. The third-order valence-electron chi connectivity index (χ3n) is 5.04. The molecule has 176 valence electrons. The Kier molecular flexibility index (Phi) is 8.44. The maximum atomic E-state index is 14.0. The fourth-order valence-electron chi connectivity index (χ4n) is 3.23. The van der Waals surface area contributed by atoms with Crippen LogP contribution >= 0.6 is 0 Å². The van der Waals surface area contributed by atoms with Crippen LogP contribution in [-0.2, 0) is 19.1 Å². The Hall–Kier alpha value is -3.31. The van der Waals surface area contributed by atoms with E-state index in [0.29, 0.717) is 6.07 Å². The van der Waals surface area contributed by atoms with Crippen LogP contribution in [0, 0.1) is 30.3 Å². The number of methoxy groups -OCH3 is 1. The SMILES string of the molecule is COC(=O)N1CCC(C(=O)N[C@@H](CC(=O)O)C(=O)COc2c(F)c(C)cc(F)c2F)CC1. The highest BCUT2D eigenvalue weighted by molar-refractivity contribution is 5.93. The summed E-state index contributed by atoms with van der Waals surface area (Å²) in [6.45, 7) is 0.660. The van der Waals surface area contributed by atoms with Gasteiger partial charge in [0.15, 0.2) is 23.2 Å². The second-order valence-electron chi connectivity index (χ2n) is 7.28. The van der Waals surface area contributed by atoms with Gasteiger partial charge < -0.3 is 24.8 Å². The van der Waals surface area contributed by atoms with E-state index >= 15 is 0 Å². The van der Waals surface area contributed by atoms with E-state index in [-0.39, 0.29) is 31.5 Å². The maximum Gasteiger partial charge on any atom is 0.409 e. The van der Waals surface area contributed by atoms with Crippen molar-refractivity contribution in [3.63, 3.8) is 0 Å². The predicted octanol–water partition coefficient (Wildman–Crippen LogP) is 1.80. The molecule has 32 heavy (non-hydrogen) atoms. The van der Waals surface area contributed by atoms with Gasteiger partial charge in [-0.2, -0.15) is 4.39 Å². The van der Waals surface area contributed by atoms with E-state index in [1.807, 2.05) is 0 Å². The Bertz CT molecular complexity index is 875. The topological polar surface area (TPSA) is 122 Å². The first kappa shape index (κ1) is 25.0.